The lowest BCUT2D eigenvalue weighted by Crippen LogP contribution is -2.21. The van der Waals surface area contributed by atoms with Crippen molar-refractivity contribution < 1.29 is 9.47 Å². The molecule has 0 aliphatic carbocycles. The fourth-order valence-corrected chi connectivity index (χ4v) is 2.74. The Morgan fingerprint density at radius 1 is 1.35 bits per heavy atom. The zero-order valence-electron chi connectivity index (χ0n) is 13.3. The maximum absolute atomic E-state index is 9.50. The van der Waals surface area contributed by atoms with Crippen molar-refractivity contribution >= 4 is 0 Å². The molecule has 1 atom stereocenters. The van der Waals surface area contributed by atoms with Gasteiger partial charge in [0.2, 0.25) is 11.8 Å². The van der Waals surface area contributed by atoms with E-state index < -0.39 is 0 Å². The summed E-state index contributed by atoms with van der Waals surface area (Å²) in [5, 5.41) is 16.5. The molecular formula is C17H18N4O2. The molecule has 3 rings (SSSR count). The van der Waals surface area contributed by atoms with Crippen LogP contribution in [0.4, 0.5) is 0 Å². The Morgan fingerprint density at radius 3 is 2.65 bits per heavy atom. The lowest BCUT2D eigenvalue weighted by Gasteiger charge is -2.23. The van der Waals surface area contributed by atoms with E-state index in [0.29, 0.717) is 11.5 Å². The van der Waals surface area contributed by atoms with Crippen LogP contribution in [0.5, 0.6) is 11.6 Å². The van der Waals surface area contributed by atoms with Gasteiger partial charge in [-0.15, -0.1) is 5.10 Å². The first kappa shape index (κ1) is 15.0. The number of nitrogens with two attached hydrogens (primary N) is 1. The first-order chi connectivity index (χ1) is 11.0. The zero-order chi connectivity index (χ0) is 16.6. The molecule has 1 aromatic heterocycles. The number of aryl methyl sites for hydroxylation is 1. The number of nitrogens with zero attached hydrogens (tertiary/aromatic N) is 2. The number of hydrogen-bond donors (Lipinski definition) is 2. The van der Waals surface area contributed by atoms with Gasteiger partial charge in [-0.25, -0.2) is 0 Å². The second kappa shape index (κ2) is 5.69. The van der Waals surface area contributed by atoms with E-state index in [0.717, 1.165) is 22.6 Å². The van der Waals surface area contributed by atoms with Crippen LogP contribution in [0.3, 0.4) is 0 Å². The molecule has 1 aromatic carbocycles. The maximum Gasteiger partial charge on any atom is 0.244 e. The summed E-state index contributed by atoms with van der Waals surface area (Å²) in [6.07, 6.45) is 0.108. The Hall–Kier alpha value is -2.94. The molecule has 6 heteroatoms. The summed E-state index contributed by atoms with van der Waals surface area (Å²) in [5.74, 6) is 1.01. The quantitative estimate of drug-likeness (QED) is 0.908. The number of nitrogens with one attached hydrogen (secondary N) is 1. The van der Waals surface area contributed by atoms with E-state index in [1.165, 1.54) is 0 Å². The minimum atomic E-state index is -0.296. The number of aromatic amines is 1. The Bertz CT molecular complexity index is 797. The lowest BCUT2D eigenvalue weighted by atomic mass is 9.84. The van der Waals surface area contributed by atoms with Gasteiger partial charge >= 0.3 is 0 Å². The van der Waals surface area contributed by atoms with Crippen LogP contribution < -0.4 is 15.2 Å². The van der Waals surface area contributed by atoms with Crippen molar-refractivity contribution in [1.29, 1.82) is 5.26 Å². The third-order valence-electron chi connectivity index (χ3n) is 3.71. The van der Waals surface area contributed by atoms with Crippen LogP contribution in [0.25, 0.3) is 0 Å². The van der Waals surface area contributed by atoms with Crippen LogP contribution in [0.2, 0.25) is 0 Å². The third-order valence-corrected chi connectivity index (χ3v) is 3.71. The average molecular weight is 310 g/mol. The molecule has 3 N–H and O–H groups in total. The van der Waals surface area contributed by atoms with Gasteiger partial charge in [-0.3, -0.25) is 5.10 Å². The van der Waals surface area contributed by atoms with Crippen molar-refractivity contribution in [1.82, 2.24) is 10.2 Å². The molecule has 0 amide bonds. The van der Waals surface area contributed by atoms with Crippen LogP contribution >= 0.6 is 0 Å². The first-order valence-electron chi connectivity index (χ1n) is 7.40. The average Bonchev–Trinajstić information content (AvgIpc) is 2.87. The normalized spacial score (nSPS) is 16.7. The van der Waals surface area contributed by atoms with Gasteiger partial charge in [-0.2, -0.15) is 5.26 Å². The van der Waals surface area contributed by atoms with Gasteiger partial charge < -0.3 is 15.2 Å². The van der Waals surface area contributed by atoms with Crippen molar-refractivity contribution in [2.24, 2.45) is 5.73 Å². The lowest BCUT2D eigenvalue weighted by molar-refractivity contribution is 0.242. The summed E-state index contributed by atoms with van der Waals surface area (Å²) in [5.41, 5.74) is 8.92. The SMILES string of the molecule is Cc1[nH]nc2c1[C@@H](c1ccc(OC(C)C)cc1)C(C#N)=C(N)O2. The first-order valence-corrected chi connectivity index (χ1v) is 7.40. The van der Waals surface area contributed by atoms with Crippen molar-refractivity contribution in [3.8, 4) is 17.7 Å². The second-order valence-corrected chi connectivity index (χ2v) is 5.73. The van der Waals surface area contributed by atoms with E-state index in [2.05, 4.69) is 16.3 Å². The molecule has 118 valence electrons. The minimum absolute atomic E-state index is 0.0963. The second-order valence-electron chi connectivity index (χ2n) is 5.73. The van der Waals surface area contributed by atoms with Crippen LogP contribution in [-0.2, 0) is 0 Å². The molecule has 2 aromatic rings. The third kappa shape index (κ3) is 2.61. The number of aromatic nitrogens is 2. The maximum atomic E-state index is 9.50. The predicted octanol–water partition coefficient (Wildman–Crippen LogP) is 2.72. The molecule has 1 aliphatic rings. The predicted molar refractivity (Wildman–Crippen MR) is 84.8 cm³/mol. The fraction of sp³-hybridized carbons (Fsp3) is 0.294. The number of ether oxygens (including phenoxy) is 2. The van der Waals surface area contributed by atoms with Crippen LogP contribution in [0, 0.1) is 18.3 Å². The standard InChI is InChI=1S/C17H18N4O2/c1-9(2)22-12-6-4-11(5-7-12)15-13(8-18)16(19)23-17-14(15)10(3)20-21-17/h4-7,9,15H,19H2,1-3H3,(H,20,21)/t15-/m0/s1. The summed E-state index contributed by atoms with van der Waals surface area (Å²) in [4.78, 5) is 0. The van der Waals surface area contributed by atoms with Gasteiger partial charge in [-0.1, -0.05) is 12.1 Å². The molecular weight excluding hydrogens is 292 g/mol. The van der Waals surface area contributed by atoms with E-state index >= 15 is 0 Å². The molecule has 0 spiro atoms. The van der Waals surface area contributed by atoms with Gasteiger partial charge in [0.1, 0.15) is 17.4 Å². The molecule has 0 fully saturated rings. The Kier molecular flexibility index (Phi) is 3.70. The summed E-state index contributed by atoms with van der Waals surface area (Å²) in [7, 11) is 0. The van der Waals surface area contributed by atoms with Crippen LogP contribution in [-0.4, -0.2) is 16.3 Å². The summed E-state index contributed by atoms with van der Waals surface area (Å²) < 4.78 is 11.1. The van der Waals surface area contributed by atoms with Crippen molar-refractivity contribution in [3.05, 3.63) is 52.5 Å². The van der Waals surface area contributed by atoms with E-state index in [1.54, 1.807) is 0 Å². The van der Waals surface area contributed by atoms with Crippen molar-refractivity contribution in [2.75, 3.05) is 0 Å². The molecule has 0 unspecified atom stereocenters. The topological polar surface area (TPSA) is 97.0 Å². The summed E-state index contributed by atoms with van der Waals surface area (Å²) >= 11 is 0. The Morgan fingerprint density at radius 2 is 2.04 bits per heavy atom. The highest BCUT2D eigenvalue weighted by Crippen LogP contribution is 2.42. The number of benzene rings is 1. The molecule has 0 bridgehead atoms. The summed E-state index contributed by atoms with van der Waals surface area (Å²) in [6.45, 7) is 5.85. The summed E-state index contributed by atoms with van der Waals surface area (Å²) in [6, 6.07) is 9.83. The number of hydrogen-bond acceptors (Lipinski definition) is 5. The molecule has 6 nitrogen and oxygen atoms in total. The van der Waals surface area contributed by atoms with Gasteiger partial charge in [0, 0.05) is 11.3 Å². The highest BCUT2D eigenvalue weighted by Gasteiger charge is 2.34. The van der Waals surface area contributed by atoms with Crippen molar-refractivity contribution in [3.63, 3.8) is 0 Å². The van der Waals surface area contributed by atoms with E-state index in [4.69, 9.17) is 15.2 Å². The molecule has 0 radical (unpaired) electrons. The smallest absolute Gasteiger partial charge is 0.244 e. The molecule has 23 heavy (non-hydrogen) atoms. The number of fused-ring (bicyclic) bond motifs is 1. The van der Waals surface area contributed by atoms with E-state index in [9.17, 15) is 5.26 Å². The molecule has 1 aliphatic heterocycles. The molecule has 2 heterocycles. The van der Waals surface area contributed by atoms with Crippen LogP contribution in [0.15, 0.2) is 35.7 Å². The fourth-order valence-electron chi connectivity index (χ4n) is 2.74. The minimum Gasteiger partial charge on any atom is -0.491 e. The molecule has 0 saturated heterocycles. The van der Waals surface area contributed by atoms with E-state index in [1.807, 2.05) is 45.0 Å². The van der Waals surface area contributed by atoms with Gasteiger partial charge in [-0.05, 0) is 38.5 Å². The van der Waals surface area contributed by atoms with Gasteiger partial charge in [0.25, 0.3) is 0 Å². The zero-order valence-corrected chi connectivity index (χ0v) is 13.3. The van der Waals surface area contributed by atoms with Gasteiger partial charge in [0.15, 0.2) is 0 Å². The highest BCUT2D eigenvalue weighted by atomic mass is 16.5. The number of nitriles is 1. The number of H-pyrrole nitrogens is 1. The highest BCUT2D eigenvalue weighted by molar-refractivity contribution is 5.55. The largest absolute Gasteiger partial charge is 0.491 e. The van der Waals surface area contributed by atoms with Gasteiger partial charge in [0.05, 0.1) is 12.0 Å². The Labute approximate surface area is 134 Å². The van der Waals surface area contributed by atoms with Crippen molar-refractivity contribution in [2.45, 2.75) is 32.8 Å². The van der Waals surface area contributed by atoms with Crippen LogP contribution in [0.1, 0.15) is 36.6 Å². The monoisotopic (exact) mass is 310 g/mol. The Balaban J connectivity index is 2.06. The van der Waals surface area contributed by atoms with E-state index in [-0.39, 0.29) is 17.9 Å². The molecule has 0 saturated carbocycles. The number of rotatable bonds is 3. The number of allylic oxidation sites excluding steroid dienone is 1.